The highest BCUT2D eigenvalue weighted by Crippen LogP contribution is 2.22. The van der Waals surface area contributed by atoms with Gasteiger partial charge in [-0.15, -0.1) is 0 Å². The SMILES string of the molecule is COc1ccc(Br)cc1C[NH2+]C(C)(C)CO. The lowest BCUT2D eigenvalue weighted by Gasteiger charge is -2.20. The molecule has 0 fully saturated rings. The largest absolute Gasteiger partial charge is 0.496 e. The standard InChI is InChI=1S/C12H18BrNO2/c1-12(2,8-15)14-7-9-6-10(13)4-5-11(9)16-3/h4-6,14-15H,7-8H2,1-3H3/p+1. The number of hydrogen-bond donors (Lipinski definition) is 2. The summed E-state index contributed by atoms with van der Waals surface area (Å²) in [5.74, 6) is 0.883. The summed E-state index contributed by atoms with van der Waals surface area (Å²) in [6.45, 7) is 4.97. The molecule has 0 aliphatic carbocycles. The first-order valence-corrected chi connectivity index (χ1v) is 6.05. The molecule has 0 unspecified atom stereocenters. The summed E-state index contributed by atoms with van der Waals surface area (Å²) in [4.78, 5) is 0. The van der Waals surface area contributed by atoms with Crippen LogP contribution in [0.4, 0.5) is 0 Å². The molecule has 16 heavy (non-hydrogen) atoms. The highest BCUT2D eigenvalue weighted by Gasteiger charge is 2.20. The van der Waals surface area contributed by atoms with Gasteiger partial charge in [0.15, 0.2) is 0 Å². The van der Waals surface area contributed by atoms with Gasteiger partial charge in [0.25, 0.3) is 0 Å². The Morgan fingerprint density at radius 1 is 1.44 bits per heavy atom. The minimum atomic E-state index is -0.159. The summed E-state index contributed by atoms with van der Waals surface area (Å²) in [5, 5.41) is 11.3. The fraction of sp³-hybridized carbons (Fsp3) is 0.500. The van der Waals surface area contributed by atoms with Gasteiger partial charge in [-0.3, -0.25) is 0 Å². The van der Waals surface area contributed by atoms with E-state index in [-0.39, 0.29) is 12.1 Å². The topological polar surface area (TPSA) is 46.1 Å². The van der Waals surface area contributed by atoms with Crippen LogP contribution in [0, 0.1) is 0 Å². The third-order valence-corrected chi connectivity index (χ3v) is 3.02. The molecular weight excluding hydrogens is 270 g/mol. The van der Waals surface area contributed by atoms with E-state index in [2.05, 4.69) is 21.2 Å². The number of aliphatic hydroxyl groups is 1. The van der Waals surface area contributed by atoms with E-state index >= 15 is 0 Å². The molecule has 0 heterocycles. The van der Waals surface area contributed by atoms with Crippen LogP contribution >= 0.6 is 15.9 Å². The van der Waals surface area contributed by atoms with Crippen molar-refractivity contribution in [2.45, 2.75) is 25.9 Å². The molecule has 0 aliphatic heterocycles. The predicted molar refractivity (Wildman–Crippen MR) is 67.5 cm³/mol. The molecule has 1 aromatic carbocycles. The minimum Gasteiger partial charge on any atom is -0.496 e. The van der Waals surface area contributed by atoms with E-state index in [0.717, 1.165) is 22.3 Å². The summed E-state index contributed by atoms with van der Waals surface area (Å²) in [5.41, 5.74) is 0.964. The molecule has 4 heteroatoms. The van der Waals surface area contributed by atoms with E-state index in [1.165, 1.54) is 0 Å². The molecule has 90 valence electrons. The van der Waals surface area contributed by atoms with E-state index in [1.54, 1.807) is 7.11 Å². The van der Waals surface area contributed by atoms with E-state index < -0.39 is 0 Å². The first kappa shape index (κ1) is 13.5. The molecule has 3 nitrogen and oxygen atoms in total. The number of halogens is 1. The summed E-state index contributed by atoms with van der Waals surface area (Å²) in [7, 11) is 1.67. The van der Waals surface area contributed by atoms with Crippen LogP contribution in [-0.4, -0.2) is 24.4 Å². The number of benzene rings is 1. The molecule has 1 rings (SSSR count). The van der Waals surface area contributed by atoms with Crippen LogP contribution in [0.15, 0.2) is 22.7 Å². The Morgan fingerprint density at radius 2 is 2.12 bits per heavy atom. The summed E-state index contributed by atoms with van der Waals surface area (Å²) >= 11 is 3.44. The Labute approximate surface area is 105 Å². The second-order valence-electron chi connectivity index (χ2n) is 4.51. The van der Waals surface area contributed by atoms with Gasteiger partial charge in [0.05, 0.1) is 13.7 Å². The van der Waals surface area contributed by atoms with Gasteiger partial charge < -0.3 is 15.2 Å². The molecule has 0 atom stereocenters. The Balaban J connectivity index is 2.76. The zero-order chi connectivity index (χ0) is 12.2. The Kier molecular flexibility index (Phi) is 4.77. The van der Waals surface area contributed by atoms with Crippen LogP contribution in [0.25, 0.3) is 0 Å². The maximum atomic E-state index is 9.18. The Morgan fingerprint density at radius 3 is 2.69 bits per heavy atom. The van der Waals surface area contributed by atoms with Gasteiger partial charge in [0, 0.05) is 10.0 Å². The van der Waals surface area contributed by atoms with Crippen LogP contribution < -0.4 is 10.1 Å². The summed E-state index contributed by atoms with van der Waals surface area (Å²) in [6, 6.07) is 5.95. The predicted octanol–water partition coefficient (Wildman–Crippen LogP) is 1.29. The second kappa shape index (κ2) is 5.66. The maximum absolute atomic E-state index is 9.18. The Bertz CT molecular complexity index is 353. The number of aliphatic hydroxyl groups excluding tert-OH is 1. The molecule has 0 radical (unpaired) electrons. The van der Waals surface area contributed by atoms with Crippen molar-refractivity contribution in [3.63, 3.8) is 0 Å². The lowest BCUT2D eigenvalue weighted by molar-refractivity contribution is -0.736. The van der Waals surface area contributed by atoms with Gasteiger partial charge in [-0.25, -0.2) is 0 Å². The lowest BCUT2D eigenvalue weighted by Crippen LogP contribution is -2.95. The third kappa shape index (κ3) is 3.77. The van der Waals surface area contributed by atoms with Gasteiger partial charge >= 0.3 is 0 Å². The van der Waals surface area contributed by atoms with Crippen molar-refractivity contribution < 1.29 is 15.2 Å². The van der Waals surface area contributed by atoms with Gasteiger partial charge in [-0.05, 0) is 32.0 Å². The summed E-state index contributed by atoms with van der Waals surface area (Å²) in [6.07, 6.45) is 0. The highest BCUT2D eigenvalue weighted by atomic mass is 79.9. The van der Waals surface area contributed by atoms with Gasteiger partial charge in [0.2, 0.25) is 0 Å². The zero-order valence-electron chi connectivity index (χ0n) is 9.96. The smallest absolute Gasteiger partial charge is 0.127 e. The maximum Gasteiger partial charge on any atom is 0.127 e. The first-order valence-electron chi connectivity index (χ1n) is 5.26. The molecule has 0 amide bonds. The van der Waals surface area contributed by atoms with Crippen molar-refractivity contribution in [2.75, 3.05) is 13.7 Å². The average Bonchev–Trinajstić information content (AvgIpc) is 2.27. The highest BCUT2D eigenvalue weighted by molar-refractivity contribution is 9.10. The lowest BCUT2D eigenvalue weighted by atomic mass is 10.1. The van der Waals surface area contributed by atoms with Crippen molar-refractivity contribution >= 4 is 15.9 Å². The number of nitrogens with two attached hydrogens (primary N) is 1. The number of quaternary nitrogens is 1. The molecule has 3 N–H and O–H groups in total. The van der Waals surface area contributed by atoms with Crippen molar-refractivity contribution in [1.82, 2.24) is 0 Å². The molecular formula is C12H19BrNO2+. The number of methoxy groups -OCH3 is 1. The number of rotatable bonds is 5. The fourth-order valence-corrected chi connectivity index (χ4v) is 1.77. The molecule has 1 aromatic rings. The van der Waals surface area contributed by atoms with E-state index in [1.807, 2.05) is 32.0 Å². The van der Waals surface area contributed by atoms with E-state index in [9.17, 15) is 5.11 Å². The average molecular weight is 289 g/mol. The normalized spacial score (nSPS) is 11.6. The number of ether oxygens (including phenoxy) is 1. The molecule has 0 aromatic heterocycles. The monoisotopic (exact) mass is 288 g/mol. The van der Waals surface area contributed by atoms with Crippen molar-refractivity contribution in [2.24, 2.45) is 0 Å². The fourth-order valence-electron chi connectivity index (χ4n) is 1.36. The van der Waals surface area contributed by atoms with E-state index in [4.69, 9.17) is 4.74 Å². The molecule has 0 spiro atoms. The summed E-state index contributed by atoms with van der Waals surface area (Å²) < 4.78 is 6.34. The van der Waals surface area contributed by atoms with E-state index in [0.29, 0.717) is 0 Å². The minimum absolute atomic E-state index is 0.156. The molecule has 0 aliphatic rings. The van der Waals surface area contributed by atoms with Gasteiger partial charge in [-0.2, -0.15) is 0 Å². The van der Waals surface area contributed by atoms with Crippen LogP contribution in [0.2, 0.25) is 0 Å². The Hall–Kier alpha value is -0.580. The molecule has 0 saturated heterocycles. The van der Waals surface area contributed by atoms with Crippen LogP contribution in [0.5, 0.6) is 5.75 Å². The van der Waals surface area contributed by atoms with Crippen molar-refractivity contribution in [3.05, 3.63) is 28.2 Å². The first-order chi connectivity index (χ1) is 7.48. The van der Waals surface area contributed by atoms with Gasteiger partial charge in [-0.1, -0.05) is 15.9 Å². The zero-order valence-corrected chi connectivity index (χ0v) is 11.5. The van der Waals surface area contributed by atoms with Gasteiger partial charge in [0.1, 0.15) is 17.8 Å². The molecule has 0 bridgehead atoms. The van der Waals surface area contributed by atoms with Crippen LogP contribution in [0.1, 0.15) is 19.4 Å². The quantitative estimate of drug-likeness (QED) is 0.858. The van der Waals surface area contributed by atoms with Crippen molar-refractivity contribution in [1.29, 1.82) is 0 Å². The van der Waals surface area contributed by atoms with Crippen molar-refractivity contribution in [3.8, 4) is 5.75 Å². The second-order valence-corrected chi connectivity index (χ2v) is 5.43. The molecule has 0 saturated carbocycles. The van der Waals surface area contributed by atoms with Crippen LogP contribution in [-0.2, 0) is 6.54 Å². The van der Waals surface area contributed by atoms with Crippen LogP contribution in [0.3, 0.4) is 0 Å². The number of hydrogen-bond acceptors (Lipinski definition) is 2. The third-order valence-electron chi connectivity index (χ3n) is 2.52.